The molecule has 1 rings (SSSR count). The predicted octanol–water partition coefficient (Wildman–Crippen LogP) is 0.695. The van der Waals surface area contributed by atoms with Crippen LogP contribution in [-0.4, -0.2) is 44.6 Å². The van der Waals surface area contributed by atoms with Crippen molar-refractivity contribution in [1.82, 2.24) is 4.90 Å². The molecule has 5 N–H and O–H groups in total. The van der Waals surface area contributed by atoms with E-state index in [4.69, 9.17) is 10.9 Å². The molecule has 104 valence electrons. The Hall–Kier alpha value is -2.44. The van der Waals surface area contributed by atoms with Crippen LogP contribution in [0.4, 0.5) is 0 Å². The molecule has 0 aliphatic rings. The fourth-order valence-electron chi connectivity index (χ4n) is 1.58. The van der Waals surface area contributed by atoms with Gasteiger partial charge in [-0.1, -0.05) is 5.16 Å². The molecule has 0 aromatic heterocycles. The third kappa shape index (κ3) is 3.77. The van der Waals surface area contributed by atoms with Gasteiger partial charge in [-0.3, -0.25) is 4.79 Å². The molecule has 1 aromatic carbocycles. The molecule has 1 aromatic rings. The largest absolute Gasteiger partial charge is 0.508 e. The molecule has 0 fully saturated rings. The molecule has 0 radical (unpaired) electrons. The second kappa shape index (κ2) is 5.94. The Bertz CT molecular complexity index is 479. The molecule has 0 aliphatic heterocycles. The summed E-state index contributed by atoms with van der Waals surface area (Å²) in [5.41, 5.74) is 5.52. The lowest BCUT2D eigenvalue weighted by atomic mass is 10.1. The van der Waals surface area contributed by atoms with Crippen molar-refractivity contribution in [3.8, 4) is 11.5 Å². The van der Waals surface area contributed by atoms with Crippen molar-refractivity contribution < 1.29 is 20.2 Å². The number of rotatable bonds is 4. The SMILES string of the molecule is CC(C)N(C/C(N)=N/O)C(=O)c1cc(O)cc(O)c1. The van der Waals surface area contributed by atoms with Gasteiger partial charge in [-0.15, -0.1) is 0 Å². The molecular weight excluding hydrogens is 250 g/mol. The van der Waals surface area contributed by atoms with Gasteiger partial charge in [-0.05, 0) is 26.0 Å². The molecule has 7 heteroatoms. The van der Waals surface area contributed by atoms with Gasteiger partial charge < -0.3 is 26.1 Å². The first-order chi connectivity index (χ1) is 8.85. The van der Waals surface area contributed by atoms with E-state index in [9.17, 15) is 15.0 Å². The number of carbonyl (C=O) groups is 1. The van der Waals surface area contributed by atoms with Gasteiger partial charge in [-0.25, -0.2) is 0 Å². The number of nitrogens with two attached hydrogens (primary N) is 1. The highest BCUT2D eigenvalue weighted by atomic mass is 16.4. The van der Waals surface area contributed by atoms with Gasteiger partial charge in [0.05, 0.1) is 6.54 Å². The standard InChI is InChI=1S/C12H17N3O4/c1-7(2)15(6-11(13)14-19)12(18)8-3-9(16)5-10(17)4-8/h3-5,7,16-17,19H,6H2,1-2H3,(H2,13,14). The van der Waals surface area contributed by atoms with Gasteiger partial charge in [0.25, 0.3) is 5.91 Å². The Balaban J connectivity index is 3.05. The fourth-order valence-corrected chi connectivity index (χ4v) is 1.58. The van der Waals surface area contributed by atoms with Crippen LogP contribution in [0.2, 0.25) is 0 Å². The van der Waals surface area contributed by atoms with E-state index in [1.54, 1.807) is 13.8 Å². The van der Waals surface area contributed by atoms with Crippen molar-refractivity contribution in [3.63, 3.8) is 0 Å². The predicted molar refractivity (Wildman–Crippen MR) is 69.4 cm³/mol. The highest BCUT2D eigenvalue weighted by Crippen LogP contribution is 2.22. The van der Waals surface area contributed by atoms with E-state index in [-0.39, 0.29) is 35.5 Å². The lowest BCUT2D eigenvalue weighted by Gasteiger charge is -2.26. The summed E-state index contributed by atoms with van der Waals surface area (Å²) in [6.07, 6.45) is 0. The molecule has 7 nitrogen and oxygen atoms in total. The van der Waals surface area contributed by atoms with Crippen LogP contribution in [0.25, 0.3) is 0 Å². The number of benzene rings is 1. The minimum Gasteiger partial charge on any atom is -0.508 e. The zero-order valence-electron chi connectivity index (χ0n) is 10.7. The second-order valence-corrected chi connectivity index (χ2v) is 4.36. The van der Waals surface area contributed by atoms with Crippen LogP contribution in [0.15, 0.2) is 23.4 Å². The minimum atomic E-state index is -0.437. The summed E-state index contributed by atoms with van der Waals surface area (Å²) in [5, 5.41) is 30.1. The van der Waals surface area contributed by atoms with Gasteiger partial charge in [0.1, 0.15) is 11.5 Å². The Labute approximate surface area is 110 Å². The molecule has 0 aliphatic carbocycles. The zero-order chi connectivity index (χ0) is 14.6. The van der Waals surface area contributed by atoms with Crippen LogP contribution >= 0.6 is 0 Å². The summed E-state index contributed by atoms with van der Waals surface area (Å²) >= 11 is 0. The normalized spacial score (nSPS) is 11.6. The van der Waals surface area contributed by atoms with Crippen LogP contribution in [0.3, 0.4) is 0 Å². The first-order valence-corrected chi connectivity index (χ1v) is 5.65. The summed E-state index contributed by atoms with van der Waals surface area (Å²) in [5.74, 6) is -0.967. The molecule has 0 saturated carbocycles. The van der Waals surface area contributed by atoms with Gasteiger partial charge in [0, 0.05) is 17.7 Å². The average molecular weight is 267 g/mol. The maximum Gasteiger partial charge on any atom is 0.254 e. The molecule has 0 bridgehead atoms. The van der Waals surface area contributed by atoms with E-state index in [0.717, 1.165) is 6.07 Å². The van der Waals surface area contributed by atoms with Gasteiger partial charge in [-0.2, -0.15) is 0 Å². The number of hydrogen-bond donors (Lipinski definition) is 4. The fraction of sp³-hybridized carbons (Fsp3) is 0.333. The summed E-state index contributed by atoms with van der Waals surface area (Å²) < 4.78 is 0. The summed E-state index contributed by atoms with van der Waals surface area (Å²) in [6.45, 7) is 3.49. The maximum absolute atomic E-state index is 12.3. The lowest BCUT2D eigenvalue weighted by Crippen LogP contribution is -2.42. The maximum atomic E-state index is 12.3. The van der Waals surface area contributed by atoms with Crippen LogP contribution < -0.4 is 5.73 Å². The first-order valence-electron chi connectivity index (χ1n) is 5.65. The molecule has 19 heavy (non-hydrogen) atoms. The van der Waals surface area contributed by atoms with Gasteiger partial charge >= 0.3 is 0 Å². The number of amidine groups is 1. The van der Waals surface area contributed by atoms with Crippen LogP contribution in [0, 0.1) is 0 Å². The Morgan fingerprint density at radius 2 is 1.84 bits per heavy atom. The van der Waals surface area contributed by atoms with E-state index in [1.165, 1.54) is 17.0 Å². The molecule has 1 amide bonds. The number of carbonyl (C=O) groups excluding carboxylic acids is 1. The number of aromatic hydroxyl groups is 2. The molecule has 0 unspecified atom stereocenters. The summed E-state index contributed by atoms with van der Waals surface area (Å²) in [6, 6.07) is 3.41. The van der Waals surface area contributed by atoms with Crippen LogP contribution in [-0.2, 0) is 0 Å². The molecule has 0 atom stereocenters. The number of amides is 1. The topological polar surface area (TPSA) is 119 Å². The monoisotopic (exact) mass is 267 g/mol. The molecule has 0 spiro atoms. The van der Waals surface area contributed by atoms with Crippen molar-refractivity contribution >= 4 is 11.7 Å². The lowest BCUT2D eigenvalue weighted by molar-refractivity contribution is 0.0733. The van der Waals surface area contributed by atoms with Crippen molar-refractivity contribution in [2.75, 3.05) is 6.54 Å². The Morgan fingerprint density at radius 1 is 1.32 bits per heavy atom. The quantitative estimate of drug-likeness (QED) is 0.277. The smallest absolute Gasteiger partial charge is 0.254 e. The van der Waals surface area contributed by atoms with Crippen molar-refractivity contribution in [1.29, 1.82) is 0 Å². The van der Waals surface area contributed by atoms with E-state index >= 15 is 0 Å². The molecule has 0 saturated heterocycles. The van der Waals surface area contributed by atoms with Gasteiger partial charge in [0.2, 0.25) is 0 Å². The number of nitrogens with zero attached hydrogens (tertiary/aromatic N) is 2. The summed E-state index contributed by atoms with van der Waals surface area (Å²) in [7, 11) is 0. The highest BCUT2D eigenvalue weighted by molar-refractivity contribution is 5.97. The van der Waals surface area contributed by atoms with Crippen LogP contribution in [0.1, 0.15) is 24.2 Å². The number of oxime groups is 1. The Kier molecular flexibility index (Phi) is 4.57. The summed E-state index contributed by atoms with van der Waals surface area (Å²) in [4.78, 5) is 13.6. The van der Waals surface area contributed by atoms with Crippen LogP contribution in [0.5, 0.6) is 11.5 Å². The van der Waals surface area contributed by atoms with E-state index in [0.29, 0.717) is 0 Å². The minimum absolute atomic E-state index is 0.0522. The zero-order valence-corrected chi connectivity index (χ0v) is 10.7. The van der Waals surface area contributed by atoms with E-state index in [1.807, 2.05) is 0 Å². The molecular formula is C12H17N3O4. The van der Waals surface area contributed by atoms with Crippen molar-refractivity contribution in [3.05, 3.63) is 23.8 Å². The Morgan fingerprint density at radius 3 is 2.26 bits per heavy atom. The molecule has 0 heterocycles. The third-order valence-corrected chi connectivity index (χ3v) is 2.49. The van der Waals surface area contributed by atoms with Gasteiger partial charge in [0.15, 0.2) is 5.84 Å². The van der Waals surface area contributed by atoms with Crippen molar-refractivity contribution in [2.45, 2.75) is 19.9 Å². The first kappa shape index (κ1) is 14.6. The highest BCUT2D eigenvalue weighted by Gasteiger charge is 2.21. The third-order valence-electron chi connectivity index (χ3n) is 2.49. The average Bonchev–Trinajstić information content (AvgIpc) is 2.33. The number of hydrogen-bond acceptors (Lipinski definition) is 5. The second-order valence-electron chi connectivity index (χ2n) is 4.36. The number of phenolic OH excluding ortho intramolecular Hbond substituents is 2. The van der Waals surface area contributed by atoms with E-state index in [2.05, 4.69) is 5.16 Å². The number of phenols is 2. The van der Waals surface area contributed by atoms with E-state index < -0.39 is 5.91 Å². The van der Waals surface area contributed by atoms with Crippen molar-refractivity contribution in [2.24, 2.45) is 10.9 Å².